The maximum Gasteiger partial charge on any atom is 0.258 e. The molecule has 1 rings (SSSR count). The van der Waals surface area contributed by atoms with E-state index in [0.717, 1.165) is 12.8 Å². The van der Waals surface area contributed by atoms with Crippen LogP contribution in [0.1, 0.15) is 45.1 Å². The molecule has 90 valence electrons. The summed E-state index contributed by atoms with van der Waals surface area (Å²) in [5.74, 6) is 0.0550. The Hall–Kier alpha value is -1.10. The van der Waals surface area contributed by atoms with Crippen molar-refractivity contribution in [1.82, 2.24) is 9.55 Å². The Labute approximate surface area is 99.9 Å². The summed E-state index contributed by atoms with van der Waals surface area (Å²) in [6.07, 6.45) is 1.85. The van der Waals surface area contributed by atoms with Gasteiger partial charge in [-0.15, -0.1) is 0 Å². The average Bonchev–Trinajstić information content (AvgIpc) is 2.17. The zero-order valence-electron chi connectivity index (χ0n) is 9.91. The van der Waals surface area contributed by atoms with Gasteiger partial charge in [-0.05, 0) is 31.5 Å². The third-order valence-electron chi connectivity index (χ3n) is 2.74. The van der Waals surface area contributed by atoms with Crippen molar-refractivity contribution in [2.45, 2.75) is 46.1 Å². The summed E-state index contributed by atoms with van der Waals surface area (Å²) in [5, 5.41) is 10.0. The Morgan fingerprint density at radius 3 is 2.62 bits per heavy atom. The Kier molecular flexibility index (Phi) is 4.29. The van der Waals surface area contributed by atoms with Crippen LogP contribution < -0.4 is 5.56 Å². The highest BCUT2D eigenvalue weighted by molar-refractivity contribution is 7.71. The molecule has 4 nitrogen and oxygen atoms in total. The van der Waals surface area contributed by atoms with Gasteiger partial charge in [-0.1, -0.05) is 20.3 Å². The predicted molar refractivity (Wildman–Crippen MR) is 66.5 cm³/mol. The van der Waals surface area contributed by atoms with E-state index in [2.05, 4.69) is 11.9 Å². The molecule has 2 N–H and O–H groups in total. The molecule has 0 saturated heterocycles. The second-order valence-electron chi connectivity index (χ2n) is 3.93. The van der Waals surface area contributed by atoms with Crippen LogP contribution in [-0.4, -0.2) is 14.7 Å². The lowest BCUT2D eigenvalue weighted by molar-refractivity contribution is 0.394. The maximum absolute atomic E-state index is 11.7. The van der Waals surface area contributed by atoms with Crippen molar-refractivity contribution in [3.63, 3.8) is 0 Å². The molecule has 0 aliphatic heterocycles. The molecular weight excluding hydrogens is 224 g/mol. The zero-order valence-corrected chi connectivity index (χ0v) is 10.7. The summed E-state index contributed by atoms with van der Waals surface area (Å²) in [6, 6.07) is 0. The average molecular weight is 242 g/mol. The zero-order chi connectivity index (χ0) is 12.3. The van der Waals surface area contributed by atoms with E-state index in [-0.39, 0.29) is 22.1 Å². The lowest BCUT2D eigenvalue weighted by Gasteiger charge is -2.15. The van der Waals surface area contributed by atoms with Crippen molar-refractivity contribution in [3.05, 3.63) is 20.7 Å². The Balaban J connectivity index is 3.39. The lowest BCUT2D eigenvalue weighted by Crippen LogP contribution is -2.20. The molecule has 0 aromatic carbocycles. The Morgan fingerprint density at radius 2 is 2.12 bits per heavy atom. The van der Waals surface area contributed by atoms with Gasteiger partial charge < -0.3 is 5.11 Å². The van der Waals surface area contributed by atoms with Crippen LogP contribution in [0.4, 0.5) is 0 Å². The number of rotatable bonds is 4. The minimum atomic E-state index is -0.270. The van der Waals surface area contributed by atoms with Gasteiger partial charge in [0.1, 0.15) is 0 Å². The quantitative estimate of drug-likeness (QED) is 0.798. The molecule has 0 amide bonds. The van der Waals surface area contributed by atoms with Crippen LogP contribution in [0, 0.1) is 4.77 Å². The number of aromatic amines is 1. The van der Waals surface area contributed by atoms with E-state index in [1.165, 1.54) is 4.57 Å². The van der Waals surface area contributed by atoms with Gasteiger partial charge in [0.25, 0.3) is 5.56 Å². The van der Waals surface area contributed by atoms with Crippen LogP contribution in [0.3, 0.4) is 0 Å². The SMILES string of the molecule is CCC[C@@H](C)c1c(O)n(CC)c(=S)[nH]c1=O. The first-order chi connectivity index (χ1) is 7.52. The standard InChI is InChI=1S/C11H18N2O2S/c1-4-6-7(3)8-9(14)12-11(16)13(5-2)10(8)15/h7,15H,4-6H2,1-3H3,(H,12,14,16)/t7-/m1/s1. The molecule has 16 heavy (non-hydrogen) atoms. The molecule has 0 saturated carbocycles. The molecule has 0 spiro atoms. The van der Waals surface area contributed by atoms with Crippen LogP contribution in [0.15, 0.2) is 4.79 Å². The molecule has 0 fully saturated rings. The summed E-state index contributed by atoms with van der Waals surface area (Å²) in [5.41, 5.74) is 0.172. The van der Waals surface area contributed by atoms with Crippen molar-refractivity contribution in [2.75, 3.05) is 0 Å². The fourth-order valence-electron chi connectivity index (χ4n) is 1.89. The minimum Gasteiger partial charge on any atom is -0.494 e. The molecule has 0 aliphatic carbocycles. The first kappa shape index (κ1) is 13.0. The highest BCUT2D eigenvalue weighted by atomic mass is 32.1. The molecule has 0 unspecified atom stereocenters. The minimum absolute atomic E-state index is 0.0113. The van der Waals surface area contributed by atoms with Crippen molar-refractivity contribution in [2.24, 2.45) is 0 Å². The molecule has 0 radical (unpaired) electrons. The summed E-state index contributed by atoms with van der Waals surface area (Å²) < 4.78 is 1.82. The van der Waals surface area contributed by atoms with Crippen molar-refractivity contribution in [1.29, 1.82) is 0 Å². The Morgan fingerprint density at radius 1 is 1.50 bits per heavy atom. The highest BCUT2D eigenvalue weighted by Crippen LogP contribution is 2.25. The highest BCUT2D eigenvalue weighted by Gasteiger charge is 2.17. The van der Waals surface area contributed by atoms with E-state index in [9.17, 15) is 9.90 Å². The van der Waals surface area contributed by atoms with E-state index in [1.54, 1.807) is 0 Å². The largest absolute Gasteiger partial charge is 0.494 e. The first-order valence-corrected chi connectivity index (χ1v) is 5.99. The molecule has 1 heterocycles. The second kappa shape index (κ2) is 5.30. The van der Waals surface area contributed by atoms with Gasteiger partial charge >= 0.3 is 0 Å². The summed E-state index contributed by atoms with van der Waals surface area (Å²) >= 11 is 4.98. The van der Waals surface area contributed by atoms with Gasteiger partial charge in [0, 0.05) is 6.54 Å². The fraction of sp³-hybridized carbons (Fsp3) is 0.636. The molecule has 1 aromatic heterocycles. The third kappa shape index (κ3) is 2.35. The van der Waals surface area contributed by atoms with Crippen LogP contribution in [0.25, 0.3) is 0 Å². The van der Waals surface area contributed by atoms with Gasteiger partial charge in [-0.2, -0.15) is 0 Å². The van der Waals surface area contributed by atoms with Crippen LogP contribution in [0.5, 0.6) is 5.88 Å². The van der Waals surface area contributed by atoms with E-state index >= 15 is 0 Å². The molecule has 0 bridgehead atoms. The number of hydrogen-bond acceptors (Lipinski definition) is 3. The maximum atomic E-state index is 11.7. The molecular formula is C11H18N2O2S. The van der Waals surface area contributed by atoms with Gasteiger partial charge in [0.05, 0.1) is 5.56 Å². The number of hydrogen-bond donors (Lipinski definition) is 2. The van der Waals surface area contributed by atoms with Crippen LogP contribution >= 0.6 is 12.2 Å². The summed E-state index contributed by atoms with van der Waals surface area (Å²) in [4.78, 5) is 14.4. The van der Waals surface area contributed by atoms with E-state index in [4.69, 9.17) is 12.2 Å². The van der Waals surface area contributed by atoms with E-state index < -0.39 is 0 Å². The van der Waals surface area contributed by atoms with Gasteiger partial charge in [0.15, 0.2) is 4.77 Å². The monoisotopic (exact) mass is 242 g/mol. The summed E-state index contributed by atoms with van der Waals surface area (Å²) in [7, 11) is 0. The van der Waals surface area contributed by atoms with Crippen LogP contribution in [-0.2, 0) is 6.54 Å². The molecule has 1 atom stereocenters. The molecule has 0 aliphatic rings. The van der Waals surface area contributed by atoms with Crippen LogP contribution in [0.2, 0.25) is 0 Å². The number of nitrogens with zero attached hydrogens (tertiary/aromatic N) is 1. The van der Waals surface area contributed by atoms with Gasteiger partial charge in [0.2, 0.25) is 5.88 Å². The first-order valence-electron chi connectivity index (χ1n) is 5.58. The van der Waals surface area contributed by atoms with Gasteiger partial charge in [-0.25, -0.2) is 0 Å². The second-order valence-corrected chi connectivity index (χ2v) is 4.32. The lowest BCUT2D eigenvalue weighted by atomic mass is 9.98. The Bertz CT molecular complexity index is 476. The summed E-state index contributed by atoms with van der Waals surface area (Å²) in [6.45, 7) is 6.42. The number of aromatic nitrogens is 2. The smallest absolute Gasteiger partial charge is 0.258 e. The van der Waals surface area contributed by atoms with Crippen molar-refractivity contribution >= 4 is 12.2 Å². The predicted octanol–water partition coefficient (Wildman–Crippen LogP) is 2.53. The van der Waals surface area contributed by atoms with E-state index in [0.29, 0.717) is 12.1 Å². The van der Waals surface area contributed by atoms with Gasteiger partial charge in [-0.3, -0.25) is 14.3 Å². The third-order valence-corrected chi connectivity index (χ3v) is 3.06. The molecule has 5 heteroatoms. The number of H-pyrrole nitrogens is 1. The topological polar surface area (TPSA) is 58.0 Å². The van der Waals surface area contributed by atoms with Crippen molar-refractivity contribution in [3.8, 4) is 5.88 Å². The normalized spacial score (nSPS) is 12.7. The number of nitrogens with one attached hydrogen (secondary N) is 1. The van der Waals surface area contributed by atoms with Crippen molar-refractivity contribution < 1.29 is 5.11 Å². The molecule has 1 aromatic rings. The van der Waals surface area contributed by atoms with E-state index in [1.807, 2.05) is 13.8 Å². The fourth-order valence-corrected chi connectivity index (χ4v) is 2.20. The number of aromatic hydroxyl groups is 1.